The Bertz CT molecular complexity index is 546. The lowest BCUT2D eigenvalue weighted by atomic mass is 10.1. The Balaban J connectivity index is 2.20. The molecule has 0 spiro atoms. The molecule has 0 fully saturated rings. The van der Waals surface area contributed by atoms with E-state index in [1.54, 1.807) is 11.8 Å². The maximum atomic E-state index is 10.7. The molecule has 1 N–H and O–H groups in total. The molecule has 0 bridgehead atoms. The van der Waals surface area contributed by atoms with Crippen molar-refractivity contribution < 1.29 is 14.4 Å². The van der Waals surface area contributed by atoms with Crippen LogP contribution in [0.1, 0.15) is 24.3 Å². The van der Waals surface area contributed by atoms with Crippen LogP contribution in [0.3, 0.4) is 0 Å². The molecular formula is C13H13NO3S. The summed E-state index contributed by atoms with van der Waals surface area (Å²) in [6.07, 6.45) is 0. The van der Waals surface area contributed by atoms with Gasteiger partial charge in [-0.3, -0.25) is 0 Å². The second-order valence-electron chi connectivity index (χ2n) is 4.07. The van der Waals surface area contributed by atoms with Crippen molar-refractivity contribution in [3.63, 3.8) is 0 Å². The number of carboxylic acid groups (broad SMARTS) is 1. The van der Waals surface area contributed by atoms with Crippen molar-refractivity contribution in [1.29, 1.82) is 0 Å². The predicted octanol–water partition coefficient (Wildman–Crippen LogP) is 3.54. The van der Waals surface area contributed by atoms with Gasteiger partial charge in [-0.1, -0.05) is 31.1 Å². The number of aromatic carboxylic acids is 1. The van der Waals surface area contributed by atoms with Crippen LogP contribution in [0.25, 0.3) is 11.3 Å². The van der Waals surface area contributed by atoms with Crippen molar-refractivity contribution in [3.8, 4) is 11.3 Å². The van der Waals surface area contributed by atoms with E-state index in [1.807, 2.05) is 24.3 Å². The van der Waals surface area contributed by atoms with Gasteiger partial charge < -0.3 is 9.63 Å². The summed E-state index contributed by atoms with van der Waals surface area (Å²) in [6, 6.07) is 9.20. The average molecular weight is 263 g/mol. The summed E-state index contributed by atoms with van der Waals surface area (Å²) in [6.45, 7) is 4.27. The zero-order valence-corrected chi connectivity index (χ0v) is 10.9. The second-order valence-corrected chi connectivity index (χ2v) is 5.72. The van der Waals surface area contributed by atoms with Crippen LogP contribution in [0.5, 0.6) is 0 Å². The van der Waals surface area contributed by atoms with Crippen LogP contribution in [0.4, 0.5) is 0 Å². The van der Waals surface area contributed by atoms with Gasteiger partial charge in [0.1, 0.15) is 0 Å². The van der Waals surface area contributed by atoms with E-state index in [4.69, 9.17) is 9.63 Å². The smallest absolute Gasteiger partial charge is 0.358 e. The van der Waals surface area contributed by atoms with E-state index < -0.39 is 5.97 Å². The van der Waals surface area contributed by atoms with E-state index >= 15 is 0 Å². The molecular weight excluding hydrogens is 250 g/mol. The lowest BCUT2D eigenvalue weighted by Crippen LogP contribution is -1.94. The molecule has 5 heteroatoms. The van der Waals surface area contributed by atoms with Crippen molar-refractivity contribution in [2.24, 2.45) is 0 Å². The molecule has 0 aliphatic heterocycles. The molecule has 0 radical (unpaired) electrons. The molecule has 0 amide bonds. The highest BCUT2D eigenvalue weighted by Crippen LogP contribution is 2.26. The highest BCUT2D eigenvalue weighted by Gasteiger charge is 2.12. The van der Waals surface area contributed by atoms with Crippen LogP contribution in [0, 0.1) is 0 Å². The third kappa shape index (κ3) is 2.92. The lowest BCUT2D eigenvalue weighted by Gasteiger charge is -2.04. The largest absolute Gasteiger partial charge is 0.476 e. The molecule has 2 rings (SSSR count). The van der Waals surface area contributed by atoms with E-state index in [0.29, 0.717) is 11.0 Å². The maximum absolute atomic E-state index is 10.7. The van der Waals surface area contributed by atoms with Crippen LogP contribution in [-0.2, 0) is 0 Å². The minimum absolute atomic E-state index is 0.0781. The van der Waals surface area contributed by atoms with Crippen LogP contribution < -0.4 is 0 Å². The molecule has 94 valence electrons. The Kier molecular flexibility index (Phi) is 3.72. The molecule has 1 aromatic carbocycles. The molecule has 0 saturated heterocycles. The number of hydrogen-bond acceptors (Lipinski definition) is 4. The fourth-order valence-electron chi connectivity index (χ4n) is 1.48. The maximum Gasteiger partial charge on any atom is 0.358 e. The molecule has 4 nitrogen and oxygen atoms in total. The molecule has 0 aliphatic rings. The fraction of sp³-hybridized carbons (Fsp3) is 0.231. The third-order valence-corrected chi connectivity index (χ3v) is 3.26. The minimum Gasteiger partial charge on any atom is -0.476 e. The number of aromatic nitrogens is 1. The molecule has 0 atom stereocenters. The first-order valence-corrected chi connectivity index (χ1v) is 6.41. The van der Waals surface area contributed by atoms with Crippen molar-refractivity contribution >= 4 is 17.7 Å². The molecule has 0 saturated carbocycles. The summed E-state index contributed by atoms with van der Waals surface area (Å²) in [5.74, 6) is -0.620. The monoisotopic (exact) mass is 263 g/mol. The summed E-state index contributed by atoms with van der Waals surface area (Å²) >= 11 is 1.77. The van der Waals surface area contributed by atoms with Gasteiger partial charge in [-0.25, -0.2) is 4.79 Å². The average Bonchev–Trinajstić information content (AvgIpc) is 2.78. The first kappa shape index (κ1) is 12.7. The number of carbonyl (C=O) groups is 1. The number of carboxylic acids is 1. The Morgan fingerprint density at radius 2 is 2.00 bits per heavy atom. The number of rotatable bonds is 4. The van der Waals surface area contributed by atoms with E-state index in [0.717, 1.165) is 5.56 Å². The van der Waals surface area contributed by atoms with Crippen molar-refractivity contribution in [2.45, 2.75) is 24.0 Å². The lowest BCUT2D eigenvalue weighted by molar-refractivity contribution is 0.0686. The molecule has 1 heterocycles. The molecule has 2 aromatic rings. The van der Waals surface area contributed by atoms with Gasteiger partial charge in [0.05, 0.1) is 0 Å². The summed E-state index contributed by atoms with van der Waals surface area (Å²) in [5, 5.41) is 12.8. The van der Waals surface area contributed by atoms with Crippen LogP contribution in [0.15, 0.2) is 39.8 Å². The molecule has 0 aliphatic carbocycles. The molecule has 0 unspecified atom stereocenters. The van der Waals surface area contributed by atoms with Gasteiger partial charge in [-0.15, -0.1) is 11.8 Å². The second kappa shape index (κ2) is 5.27. The number of thioether (sulfide) groups is 1. The van der Waals surface area contributed by atoms with Crippen LogP contribution >= 0.6 is 11.8 Å². The first-order valence-electron chi connectivity index (χ1n) is 5.53. The third-order valence-electron chi connectivity index (χ3n) is 2.24. The zero-order chi connectivity index (χ0) is 13.1. The van der Waals surface area contributed by atoms with Crippen molar-refractivity contribution in [3.05, 3.63) is 36.0 Å². The van der Waals surface area contributed by atoms with E-state index in [2.05, 4.69) is 19.0 Å². The van der Waals surface area contributed by atoms with Crippen molar-refractivity contribution in [1.82, 2.24) is 5.16 Å². The summed E-state index contributed by atoms with van der Waals surface area (Å²) in [7, 11) is 0. The summed E-state index contributed by atoms with van der Waals surface area (Å²) in [4.78, 5) is 11.9. The van der Waals surface area contributed by atoms with Gasteiger partial charge in [0.25, 0.3) is 0 Å². The van der Waals surface area contributed by atoms with Gasteiger partial charge in [0, 0.05) is 21.8 Å². The Labute approximate surface area is 109 Å². The Morgan fingerprint density at radius 1 is 1.33 bits per heavy atom. The highest BCUT2D eigenvalue weighted by molar-refractivity contribution is 7.99. The highest BCUT2D eigenvalue weighted by atomic mass is 32.2. The minimum atomic E-state index is -1.09. The Hall–Kier alpha value is -1.75. The van der Waals surface area contributed by atoms with E-state index in [-0.39, 0.29) is 5.69 Å². The van der Waals surface area contributed by atoms with E-state index in [9.17, 15) is 4.79 Å². The van der Waals surface area contributed by atoms with Gasteiger partial charge in [0.15, 0.2) is 11.5 Å². The number of benzene rings is 1. The first-order chi connectivity index (χ1) is 8.56. The van der Waals surface area contributed by atoms with Crippen LogP contribution in [0.2, 0.25) is 0 Å². The van der Waals surface area contributed by atoms with Gasteiger partial charge >= 0.3 is 5.97 Å². The number of hydrogen-bond donors (Lipinski definition) is 1. The van der Waals surface area contributed by atoms with Crippen LogP contribution in [-0.4, -0.2) is 21.5 Å². The molecule has 1 aromatic heterocycles. The molecule has 18 heavy (non-hydrogen) atoms. The fourth-order valence-corrected chi connectivity index (χ4v) is 2.32. The predicted molar refractivity (Wildman–Crippen MR) is 69.9 cm³/mol. The van der Waals surface area contributed by atoms with Gasteiger partial charge in [-0.2, -0.15) is 0 Å². The summed E-state index contributed by atoms with van der Waals surface area (Å²) in [5.41, 5.74) is 0.744. The summed E-state index contributed by atoms with van der Waals surface area (Å²) < 4.78 is 5.00. The van der Waals surface area contributed by atoms with E-state index in [1.165, 1.54) is 11.0 Å². The van der Waals surface area contributed by atoms with Gasteiger partial charge in [0.2, 0.25) is 0 Å². The Morgan fingerprint density at radius 3 is 2.50 bits per heavy atom. The standard InChI is InChI=1S/C13H13NO3S/c1-8(2)18-10-5-3-9(4-6-10)12-7-11(13(15)16)14-17-12/h3-8H,1-2H3,(H,15,16). The SMILES string of the molecule is CC(C)Sc1ccc(-c2cc(C(=O)O)no2)cc1. The normalized spacial score (nSPS) is 10.8. The zero-order valence-electron chi connectivity index (χ0n) is 10.1. The van der Waals surface area contributed by atoms with Gasteiger partial charge in [-0.05, 0) is 12.1 Å². The quantitative estimate of drug-likeness (QED) is 0.855. The topological polar surface area (TPSA) is 63.3 Å². The number of nitrogens with zero attached hydrogens (tertiary/aromatic N) is 1. The van der Waals surface area contributed by atoms with Crippen molar-refractivity contribution in [2.75, 3.05) is 0 Å².